The summed E-state index contributed by atoms with van der Waals surface area (Å²) in [6.07, 6.45) is 0. The Labute approximate surface area is 355 Å². The minimum Gasteiger partial charge on any atom is -0.456 e. The first kappa shape index (κ1) is 35.3. The van der Waals surface area contributed by atoms with Gasteiger partial charge < -0.3 is 9.32 Å². The molecule has 0 amide bonds. The maximum absolute atomic E-state index is 6.56. The van der Waals surface area contributed by atoms with Crippen molar-refractivity contribution in [3.8, 4) is 44.5 Å². The van der Waals surface area contributed by atoms with E-state index >= 15 is 0 Å². The fourth-order valence-electron chi connectivity index (χ4n) is 10.1. The fraction of sp³-hybridized carbons (Fsp3) is 0.0508. The lowest BCUT2D eigenvalue weighted by atomic mass is 9.82. The predicted octanol–water partition coefficient (Wildman–Crippen LogP) is 16.7. The monoisotopic (exact) mass is 779 g/mol. The number of anilines is 3. The minimum absolute atomic E-state index is 0.122. The zero-order valence-electron chi connectivity index (χ0n) is 34.1. The Hall–Kier alpha value is -7.68. The summed E-state index contributed by atoms with van der Waals surface area (Å²) in [5, 5.41) is 7.20. The lowest BCUT2D eigenvalue weighted by molar-refractivity contribution is 0.660. The Bertz CT molecular complexity index is 3500. The van der Waals surface area contributed by atoms with E-state index in [1.54, 1.807) is 0 Å². The lowest BCUT2D eigenvalue weighted by Crippen LogP contribution is -2.16. The van der Waals surface area contributed by atoms with Crippen LogP contribution in [0.5, 0.6) is 0 Å². The number of para-hydroxylation sites is 1. The number of fused-ring (bicyclic) bond motifs is 9. The Morgan fingerprint density at radius 1 is 0.361 bits per heavy atom. The molecular weight excluding hydrogens is 739 g/mol. The van der Waals surface area contributed by atoms with Gasteiger partial charge in [0.1, 0.15) is 11.2 Å². The van der Waals surface area contributed by atoms with E-state index in [0.29, 0.717) is 0 Å². The number of hydrogen-bond donors (Lipinski definition) is 0. The van der Waals surface area contributed by atoms with Gasteiger partial charge in [-0.1, -0.05) is 172 Å². The SMILES string of the molecule is CC1(C)c2ccccc2-c2ccc(N(c3ccc(-c4ccc5oc6ccccc6c5c4-c4cc5ccccc5c5ccccc45)cc3)c3cccc(-c4ccccc4)c3)cc21. The first-order valence-corrected chi connectivity index (χ1v) is 21.2. The highest BCUT2D eigenvalue weighted by Crippen LogP contribution is 2.51. The molecule has 0 saturated carbocycles. The second kappa shape index (κ2) is 13.7. The Morgan fingerprint density at radius 3 is 1.85 bits per heavy atom. The average molecular weight is 780 g/mol. The maximum atomic E-state index is 6.56. The third kappa shape index (κ3) is 5.56. The molecule has 0 bridgehead atoms. The molecule has 0 unspecified atom stereocenters. The van der Waals surface area contributed by atoms with E-state index in [1.165, 1.54) is 71.6 Å². The molecule has 2 nitrogen and oxygen atoms in total. The summed E-state index contributed by atoms with van der Waals surface area (Å²) in [7, 11) is 0. The molecule has 1 aromatic heterocycles. The van der Waals surface area contributed by atoms with Crippen LogP contribution in [-0.2, 0) is 5.41 Å². The van der Waals surface area contributed by atoms with Crippen molar-refractivity contribution in [3.63, 3.8) is 0 Å². The van der Waals surface area contributed by atoms with Gasteiger partial charge in [0.2, 0.25) is 0 Å². The van der Waals surface area contributed by atoms with Crippen LogP contribution >= 0.6 is 0 Å². The van der Waals surface area contributed by atoms with Crippen molar-refractivity contribution >= 4 is 60.5 Å². The lowest BCUT2D eigenvalue weighted by Gasteiger charge is -2.28. The summed E-state index contributed by atoms with van der Waals surface area (Å²) in [5.74, 6) is 0. The first-order chi connectivity index (χ1) is 30.0. The average Bonchev–Trinajstić information content (AvgIpc) is 3.81. The third-order valence-corrected chi connectivity index (χ3v) is 13.1. The second-order valence-corrected chi connectivity index (χ2v) is 16.8. The molecule has 2 heteroatoms. The van der Waals surface area contributed by atoms with Gasteiger partial charge in [-0.3, -0.25) is 0 Å². The van der Waals surface area contributed by atoms with Crippen LogP contribution in [0.3, 0.4) is 0 Å². The van der Waals surface area contributed by atoms with Crippen molar-refractivity contribution in [2.75, 3.05) is 4.90 Å². The Morgan fingerprint density at radius 2 is 1.00 bits per heavy atom. The normalized spacial score (nSPS) is 12.9. The zero-order chi connectivity index (χ0) is 40.7. The number of rotatable bonds is 6. The fourth-order valence-corrected chi connectivity index (χ4v) is 10.1. The summed E-state index contributed by atoms with van der Waals surface area (Å²) in [5.41, 5.74) is 17.4. The van der Waals surface area contributed by atoms with Crippen LogP contribution in [0, 0.1) is 0 Å². The van der Waals surface area contributed by atoms with Crippen molar-refractivity contribution in [3.05, 3.63) is 223 Å². The van der Waals surface area contributed by atoms with E-state index in [4.69, 9.17) is 4.42 Å². The second-order valence-electron chi connectivity index (χ2n) is 16.8. The van der Waals surface area contributed by atoms with Crippen LogP contribution in [0.15, 0.2) is 217 Å². The minimum atomic E-state index is -0.122. The van der Waals surface area contributed by atoms with Crippen molar-refractivity contribution in [2.24, 2.45) is 0 Å². The highest BCUT2D eigenvalue weighted by atomic mass is 16.3. The van der Waals surface area contributed by atoms with Crippen LogP contribution in [0.1, 0.15) is 25.0 Å². The summed E-state index contributed by atoms with van der Waals surface area (Å²) >= 11 is 0. The van der Waals surface area contributed by atoms with Crippen molar-refractivity contribution in [1.29, 1.82) is 0 Å². The summed E-state index contributed by atoms with van der Waals surface area (Å²) in [6.45, 7) is 4.71. The molecule has 1 aliphatic rings. The number of benzene rings is 10. The van der Waals surface area contributed by atoms with Gasteiger partial charge in [0.25, 0.3) is 0 Å². The molecular formula is C59H41NO. The van der Waals surface area contributed by atoms with Gasteiger partial charge in [0, 0.05) is 38.8 Å². The van der Waals surface area contributed by atoms with E-state index in [9.17, 15) is 0 Å². The molecule has 0 radical (unpaired) electrons. The molecule has 1 aliphatic carbocycles. The van der Waals surface area contributed by atoms with E-state index < -0.39 is 0 Å². The summed E-state index contributed by atoms with van der Waals surface area (Å²) in [6, 6.07) is 77.4. The van der Waals surface area contributed by atoms with Gasteiger partial charge in [-0.15, -0.1) is 0 Å². The quantitative estimate of drug-likeness (QED) is 0.156. The maximum Gasteiger partial charge on any atom is 0.136 e. The largest absolute Gasteiger partial charge is 0.456 e. The molecule has 10 aromatic carbocycles. The van der Waals surface area contributed by atoms with Gasteiger partial charge in [0.15, 0.2) is 0 Å². The Kier molecular flexibility index (Phi) is 7.92. The summed E-state index contributed by atoms with van der Waals surface area (Å²) in [4.78, 5) is 2.42. The van der Waals surface area contributed by atoms with Crippen LogP contribution in [0.25, 0.3) is 88.0 Å². The molecule has 0 N–H and O–H groups in total. The molecule has 0 atom stereocenters. The number of nitrogens with zero attached hydrogens (tertiary/aromatic N) is 1. The van der Waals surface area contributed by atoms with E-state index in [0.717, 1.165) is 44.6 Å². The topological polar surface area (TPSA) is 16.4 Å². The van der Waals surface area contributed by atoms with Crippen LogP contribution < -0.4 is 4.90 Å². The van der Waals surface area contributed by atoms with Gasteiger partial charge in [-0.2, -0.15) is 0 Å². The molecule has 0 fully saturated rings. The Balaban J connectivity index is 1.06. The highest BCUT2D eigenvalue weighted by Gasteiger charge is 2.35. The highest BCUT2D eigenvalue weighted by molar-refractivity contribution is 6.22. The first-order valence-electron chi connectivity index (χ1n) is 21.2. The molecule has 0 saturated heterocycles. The smallest absolute Gasteiger partial charge is 0.136 e. The third-order valence-electron chi connectivity index (χ3n) is 13.1. The van der Waals surface area contributed by atoms with E-state index in [2.05, 4.69) is 231 Å². The molecule has 1 heterocycles. The van der Waals surface area contributed by atoms with Crippen molar-refractivity contribution < 1.29 is 4.42 Å². The van der Waals surface area contributed by atoms with Gasteiger partial charge in [-0.25, -0.2) is 0 Å². The van der Waals surface area contributed by atoms with Gasteiger partial charge in [-0.05, 0) is 126 Å². The predicted molar refractivity (Wildman–Crippen MR) is 257 cm³/mol. The molecule has 0 spiro atoms. The zero-order valence-corrected chi connectivity index (χ0v) is 34.1. The van der Waals surface area contributed by atoms with Crippen LogP contribution in [-0.4, -0.2) is 0 Å². The number of hydrogen-bond acceptors (Lipinski definition) is 2. The van der Waals surface area contributed by atoms with Gasteiger partial charge in [0.05, 0.1) is 0 Å². The van der Waals surface area contributed by atoms with Crippen molar-refractivity contribution in [1.82, 2.24) is 0 Å². The molecule has 0 aliphatic heterocycles. The summed E-state index contributed by atoms with van der Waals surface area (Å²) < 4.78 is 6.56. The van der Waals surface area contributed by atoms with Crippen LogP contribution in [0.2, 0.25) is 0 Å². The molecule has 288 valence electrons. The number of furan rings is 1. The standard InChI is InChI=1S/C59H41NO/c1-59(2)53-25-12-10-23-49(53)50-32-31-44(37-54(50)59)60(43-19-14-18-40(35-43)38-15-4-3-5-16-38)42-29-27-39(28-30-42)46-33-34-56-58(51-24-11-13-26-55(51)61-56)57(46)52-36-41-17-6-7-20-45(41)47-21-8-9-22-48(47)52/h3-37H,1-2H3. The molecule has 11 aromatic rings. The van der Waals surface area contributed by atoms with Gasteiger partial charge >= 0.3 is 0 Å². The van der Waals surface area contributed by atoms with Crippen molar-refractivity contribution in [2.45, 2.75) is 19.3 Å². The van der Waals surface area contributed by atoms with E-state index in [1.807, 2.05) is 0 Å². The van der Waals surface area contributed by atoms with E-state index in [-0.39, 0.29) is 5.41 Å². The van der Waals surface area contributed by atoms with Crippen LogP contribution in [0.4, 0.5) is 17.1 Å². The molecule has 61 heavy (non-hydrogen) atoms. The molecule has 12 rings (SSSR count).